The summed E-state index contributed by atoms with van der Waals surface area (Å²) >= 11 is 0. The van der Waals surface area contributed by atoms with Crippen molar-refractivity contribution in [3.05, 3.63) is 149 Å². The van der Waals surface area contributed by atoms with Crippen LogP contribution in [-0.2, 0) is 63.2 Å². The van der Waals surface area contributed by atoms with Gasteiger partial charge in [0.05, 0.1) is 0 Å². The maximum atomic E-state index is 9.30. The zero-order chi connectivity index (χ0) is 51.0. The Hall–Kier alpha value is -2.15. The topological polar surface area (TPSA) is 80.9 Å². The van der Waals surface area contributed by atoms with Gasteiger partial charge >= 0.3 is 52.4 Å². The first-order chi connectivity index (χ1) is 33.7. The summed E-state index contributed by atoms with van der Waals surface area (Å²) in [6, 6.07) is 28.9. The molecule has 4 nitrogen and oxygen atoms in total. The number of rotatable bonds is 16. The van der Waals surface area contributed by atoms with Gasteiger partial charge in [0.2, 0.25) is 0 Å². The average Bonchev–Trinajstić information content (AvgIpc) is 4.24. The molecule has 4 aromatic carbocycles. The SMILES string of the molecule is CC(C)(c1ccc(O)cc1)c1ccc(O)cc1.CC(C)(c1ccc(O)cc1)c1ccc(O)cc1.CCCCC1CCCC1.CCCCC1CCCC1.CCCCC1CCCC1.CCCCC1CCCC1.[CH3-].[CH3-].[CH3-].[CH3-].[Zr+2].[Zr+2]. The molecule has 6 heteroatoms. The van der Waals surface area contributed by atoms with E-state index in [1.165, 1.54) is 180 Å². The van der Waals surface area contributed by atoms with Gasteiger partial charge in [-0.1, -0.05) is 284 Å². The van der Waals surface area contributed by atoms with Crippen molar-refractivity contribution in [2.24, 2.45) is 23.7 Å². The molecule has 428 valence electrons. The van der Waals surface area contributed by atoms with Gasteiger partial charge in [-0.25, -0.2) is 0 Å². The molecule has 0 unspecified atom stereocenters. The first-order valence-electron chi connectivity index (χ1n) is 28.9. The van der Waals surface area contributed by atoms with E-state index in [4.69, 9.17) is 0 Å². The number of hydrogen-bond acceptors (Lipinski definition) is 4. The molecule has 0 atom stereocenters. The van der Waals surface area contributed by atoms with Gasteiger partial charge in [-0.05, 0) is 94.5 Å². The number of hydrogen-bond donors (Lipinski definition) is 4. The van der Waals surface area contributed by atoms with Crippen LogP contribution in [0.25, 0.3) is 0 Å². The van der Waals surface area contributed by atoms with Crippen molar-refractivity contribution in [1.29, 1.82) is 0 Å². The fourth-order valence-corrected chi connectivity index (χ4v) is 11.0. The van der Waals surface area contributed by atoms with E-state index in [9.17, 15) is 20.4 Å². The van der Waals surface area contributed by atoms with Crippen molar-refractivity contribution in [3.63, 3.8) is 0 Å². The maximum absolute atomic E-state index is 9.30. The first kappa shape index (κ1) is 80.3. The fourth-order valence-electron chi connectivity index (χ4n) is 11.0. The van der Waals surface area contributed by atoms with Crippen LogP contribution >= 0.6 is 0 Å². The van der Waals surface area contributed by atoms with Gasteiger partial charge in [-0.2, -0.15) is 0 Å². The van der Waals surface area contributed by atoms with E-state index in [2.05, 4.69) is 55.4 Å². The van der Waals surface area contributed by atoms with Crippen LogP contribution in [-0.4, -0.2) is 20.4 Å². The molecule has 4 aliphatic rings. The number of aromatic hydroxyl groups is 4. The van der Waals surface area contributed by atoms with Gasteiger partial charge in [-0.15, -0.1) is 0 Å². The van der Waals surface area contributed by atoms with Crippen LogP contribution in [0.4, 0.5) is 0 Å². The average molecular weight is 1200 g/mol. The van der Waals surface area contributed by atoms with E-state index < -0.39 is 0 Å². The van der Waals surface area contributed by atoms with Crippen molar-refractivity contribution < 1.29 is 72.8 Å². The molecule has 0 spiro atoms. The quantitative estimate of drug-likeness (QED) is 0.0843. The second kappa shape index (κ2) is 46.6. The van der Waals surface area contributed by atoms with Crippen LogP contribution in [0, 0.1) is 53.4 Å². The molecule has 4 aliphatic carbocycles. The molecular formula is C70H116O4Zr2. The zero-order valence-corrected chi connectivity index (χ0v) is 56.1. The van der Waals surface area contributed by atoms with Crippen LogP contribution in [0.3, 0.4) is 0 Å². The van der Waals surface area contributed by atoms with E-state index in [0.717, 1.165) is 45.9 Å². The summed E-state index contributed by atoms with van der Waals surface area (Å²) in [6.45, 7) is 17.6. The molecule has 0 saturated heterocycles. The van der Waals surface area contributed by atoms with E-state index in [-0.39, 0.29) is 116 Å². The second-order valence-corrected chi connectivity index (χ2v) is 22.6. The summed E-state index contributed by atoms with van der Waals surface area (Å²) in [7, 11) is 0. The third-order valence-electron chi connectivity index (χ3n) is 16.1. The number of phenols is 4. The molecule has 0 amide bonds. The largest absolute Gasteiger partial charge is 2.00 e. The Morgan fingerprint density at radius 1 is 0.303 bits per heavy atom. The van der Waals surface area contributed by atoms with Crippen molar-refractivity contribution in [2.75, 3.05) is 0 Å². The van der Waals surface area contributed by atoms with E-state index in [1.807, 2.05) is 48.5 Å². The molecule has 4 fully saturated rings. The number of unbranched alkanes of at least 4 members (excludes halogenated alkanes) is 4. The molecule has 0 aliphatic heterocycles. The Balaban J connectivity index is -0.000000413. The van der Waals surface area contributed by atoms with Crippen LogP contribution in [0.15, 0.2) is 97.1 Å². The smallest absolute Gasteiger partial charge is 0.508 e. The third-order valence-corrected chi connectivity index (χ3v) is 16.1. The number of benzene rings is 4. The Morgan fingerprint density at radius 2 is 0.447 bits per heavy atom. The summed E-state index contributed by atoms with van der Waals surface area (Å²) in [6.07, 6.45) is 41.7. The minimum atomic E-state index is -0.151. The summed E-state index contributed by atoms with van der Waals surface area (Å²) in [5.41, 5.74) is 4.20. The molecule has 0 heterocycles. The van der Waals surface area contributed by atoms with Crippen molar-refractivity contribution in [2.45, 2.75) is 246 Å². The minimum absolute atomic E-state index is 0. The molecule has 0 bridgehead atoms. The van der Waals surface area contributed by atoms with Crippen LogP contribution in [0.1, 0.15) is 257 Å². The van der Waals surface area contributed by atoms with Crippen molar-refractivity contribution in [3.8, 4) is 23.0 Å². The molecule has 4 saturated carbocycles. The van der Waals surface area contributed by atoms with Gasteiger partial charge in [0.15, 0.2) is 0 Å². The van der Waals surface area contributed by atoms with Gasteiger partial charge in [0, 0.05) is 10.8 Å². The zero-order valence-electron chi connectivity index (χ0n) is 51.1. The van der Waals surface area contributed by atoms with Crippen LogP contribution < -0.4 is 0 Å². The second-order valence-electron chi connectivity index (χ2n) is 22.6. The van der Waals surface area contributed by atoms with Gasteiger partial charge in [0.25, 0.3) is 0 Å². The van der Waals surface area contributed by atoms with Crippen molar-refractivity contribution >= 4 is 0 Å². The Bertz CT molecular complexity index is 1580. The van der Waals surface area contributed by atoms with Crippen LogP contribution in [0.2, 0.25) is 0 Å². The van der Waals surface area contributed by atoms with Gasteiger partial charge < -0.3 is 50.1 Å². The summed E-state index contributed by atoms with van der Waals surface area (Å²) in [5, 5.41) is 37.2. The first-order valence-corrected chi connectivity index (χ1v) is 28.9. The standard InChI is InChI=1S/2C15H16O2.4C9H18.4CH3.2Zr/c2*1-15(2,11-3-7-13(16)8-4-11)12-5-9-14(17)10-6-12;4*1-2-3-6-9-7-4-5-8-9;;;;;;/h2*3-10,16-17H,1-2H3;4*9H,2-8H2,1H3;4*1H3;;/q;;;;;;4*-1;2*+2. The fraction of sp³-hybridized carbons (Fsp3) is 0.600. The Kier molecular flexibility index (Phi) is 49.2. The molecule has 8 rings (SSSR count). The molecule has 4 N–H and O–H groups in total. The van der Waals surface area contributed by atoms with Crippen LogP contribution in [0.5, 0.6) is 23.0 Å². The van der Waals surface area contributed by atoms with Gasteiger partial charge in [0.1, 0.15) is 23.0 Å². The third kappa shape index (κ3) is 32.2. The summed E-state index contributed by atoms with van der Waals surface area (Å²) in [4.78, 5) is 0. The molecule has 76 heavy (non-hydrogen) atoms. The monoisotopic (exact) mass is 1200 g/mol. The summed E-state index contributed by atoms with van der Waals surface area (Å²) in [5.74, 6) is 5.56. The Morgan fingerprint density at radius 3 is 0.579 bits per heavy atom. The summed E-state index contributed by atoms with van der Waals surface area (Å²) < 4.78 is 0. The van der Waals surface area contributed by atoms with E-state index >= 15 is 0 Å². The number of phenolic OH excluding ortho intramolecular Hbond substituents is 4. The van der Waals surface area contributed by atoms with Crippen molar-refractivity contribution in [1.82, 2.24) is 0 Å². The Labute approximate surface area is 510 Å². The molecule has 0 aromatic heterocycles. The molecule has 4 aromatic rings. The normalized spacial score (nSPS) is 15.1. The van der Waals surface area contributed by atoms with Gasteiger partial charge in [-0.3, -0.25) is 0 Å². The molecule has 0 radical (unpaired) electrons. The maximum Gasteiger partial charge on any atom is 2.00 e. The molecular weight excluding hydrogens is 1090 g/mol. The minimum Gasteiger partial charge on any atom is -0.508 e. The van der Waals surface area contributed by atoms with E-state index in [1.54, 1.807) is 48.5 Å². The predicted molar refractivity (Wildman–Crippen MR) is 328 cm³/mol. The van der Waals surface area contributed by atoms with E-state index in [0.29, 0.717) is 0 Å². The predicted octanol–water partition coefficient (Wildman–Crippen LogP) is 22.1.